The van der Waals surface area contributed by atoms with Gasteiger partial charge in [0, 0.05) is 26.2 Å². The van der Waals surface area contributed by atoms with Crippen LogP contribution in [0.1, 0.15) is 55.0 Å². The normalized spacial score (nSPS) is 17.3. The lowest BCUT2D eigenvalue weighted by atomic mass is 10.1. The van der Waals surface area contributed by atoms with Gasteiger partial charge in [-0.05, 0) is 44.7 Å². The third-order valence-corrected chi connectivity index (χ3v) is 5.43. The van der Waals surface area contributed by atoms with Crippen LogP contribution in [-0.4, -0.2) is 50.5 Å². The molecule has 0 saturated carbocycles. The van der Waals surface area contributed by atoms with E-state index < -0.39 is 6.04 Å². The number of carbonyl (C=O) groups is 2. The van der Waals surface area contributed by atoms with Crippen molar-refractivity contribution in [2.24, 2.45) is 5.92 Å². The van der Waals surface area contributed by atoms with Crippen LogP contribution in [0, 0.1) is 12.8 Å². The largest absolute Gasteiger partial charge is 0.335 e. The van der Waals surface area contributed by atoms with Crippen LogP contribution in [0.2, 0.25) is 0 Å². The van der Waals surface area contributed by atoms with Crippen LogP contribution < -0.4 is 0 Å². The Morgan fingerprint density at radius 1 is 1.24 bits per heavy atom. The number of aryl methyl sites for hydroxylation is 2. The van der Waals surface area contributed by atoms with Crippen LogP contribution in [0.25, 0.3) is 0 Å². The Balaban J connectivity index is 1.74. The quantitative estimate of drug-likeness (QED) is 0.753. The van der Waals surface area contributed by atoms with E-state index in [1.165, 1.54) is 5.56 Å². The van der Waals surface area contributed by atoms with E-state index in [-0.39, 0.29) is 11.8 Å². The second-order valence-corrected chi connectivity index (χ2v) is 8.36. The molecule has 0 bridgehead atoms. The Labute approximate surface area is 173 Å². The van der Waals surface area contributed by atoms with Crippen molar-refractivity contribution in [1.29, 1.82) is 0 Å². The number of rotatable bonds is 6. The third-order valence-electron chi connectivity index (χ3n) is 5.43. The standard InChI is InChI=1S/C23H32N4O2/c1-6-27-21(14-20(24-27)12-16(2)3)23(29)26-11-10-25(22(28)18(26)5)15-19-9-7-8-17(4)13-19/h7-9,13-14,16,18H,6,10-12,15H2,1-5H3/t18-/m0/s1. The van der Waals surface area contributed by atoms with Gasteiger partial charge in [-0.2, -0.15) is 5.10 Å². The van der Waals surface area contributed by atoms with Gasteiger partial charge in [0.1, 0.15) is 11.7 Å². The molecule has 0 N–H and O–H groups in total. The zero-order valence-corrected chi connectivity index (χ0v) is 18.2. The van der Waals surface area contributed by atoms with Crippen molar-refractivity contribution < 1.29 is 9.59 Å². The lowest BCUT2D eigenvalue weighted by Crippen LogP contribution is -2.57. The average Bonchev–Trinajstić information content (AvgIpc) is 3.07. The van der Waals surface area contributed by atoms with E-state index in [9.17, 15) is 9.59 Å². The molecule has 1 fully saturated rings. The van der Waals surface area contributed by atoms with E-state index in [1.54, 1.807) is 9.58 Å². The third kappa shape index (κ3) is 4.69. The minimum Gasteiger partial charge on any atom is -0.335 e. The molecule has 0 spiro atoms. The maximum absolute atomic E-state index is 13.2. The molecule has 29 heavy (non-hydrogen) atoms. The number of aromatic nitrogens is 2. The second kappa shape index (κ2) is 8.80. The fourth-order valence-corrected chi connectivity index (χ4v) is 3.94. The van der Waals surface area contributed by atoms with E-state index in [2.05, 4.69) is 38.0 Å². The Morgan fingerprint density at radius 2 is 2.00 bits per heavy atom. The van der Waals surface area contributed by atoms with Crippen LogP contribution in [0.5, 0.6) is 0 Å². The molecular formula is C23H32N4O2. The molecule has 6 heteroatoms. The van der Waals surface area contributed by atoms with Crippen molar-refractivity contribution in [3.8, 4) is 0 Å². The Hall–Kier alpha value is -2.63. The summed E-state index contributed by atoms with van der Waals surface area (Å²) >= 11 is 0. The van der Waals surface area contributed by atoms with Crippen LogP contribution in [0.4, 0.5) is 0 Å². The minimum atomic E-state index is -0.477. The highest BCUT2D eigenvalue weighted by Gasteiger charge is 2.35. The highest BCUT2D eigenvalue weighted by atomic mass is 16.2. The number of hydrogen-bond acceptors (Lipinski definition) is 3. The fraction of sp³-hybridized carbons (Fsp3) is 0.522. The molecule has 2 heterocycles. The molecule has 1 atom stereocenters. The molecule has 2 aromatic rings. The number of amides is 2. The highest BCUT2D eigenvalue weighted by molar-refractivity contribution is 5.97. The van der Waals surface area contributed by atoms with Gasteiger partial charge < -0.3 is 9.80 Å². The molecule has 0 unspecified atom stereocenters. The summed E-state index contributed by atoms with van der Waals surface area (Å²) < 4.78 is 1.76. The summed E-state index contributed by atoms with van der Waals surface area (Å²) in [6.45, 7) is 12.4. The fourth-order valence-electron chi connectivity index (χ4n) is 3.94. The average molecular weight is 397 g/mol. The van der Waals surface area contributed by atoms with Crippen molar-refractivity contribution >= 4 is 11.8 Å². The topological polar surface area (TPSA) is 58.4 Å². The zero-order valence-electron chi connectivity index (χ0n) is 18.2. The molecule has 3 rings (SSSR count). The summed E-state index contributed by atoms with van der Waals surface area (Å²) in [5.74, 6) is 0.366. The Kier molecular flexibility index (Phi) is 6.40. The first-order valence-electron chi connectivity index (χ1n) is 10.5. The van der Waals surface area contributed by atoms with Gasteiger partial charge in [0.2, 0.25) is 5.91 Å². The van der Waals surface area contributed by atoms with E-state index in [0.717, 1.165) is 17.7 Å². The van der Waals surface area contributed by atoms with Gasteiger partial charge in [0.05, 0.1) is 5.69 Å². The maximum atomic E-state index is 13.2. The molecule has 1 saturated heterocycles. The molecule has 156 valence electrons. The highest BCUT2D eigenvalue weighted by Crippen LogP contribution is 2.19. The van der Waals surface area contributed by atoms with Crippen molar-refractivity contribution in [1.82, 2.24) is 19.6 Å². The van der Waals surface area contributed by atoms with Crippen LogP contribution in [0.3, 0.4) is 0 Å². The zero-order chi connectivity index (χ0) is 21.1. The van der Waals surface area contributed by atoms with Crippen molar-refractivity contribution in [3.05, 3.63) is 52.8 Å². The van der Waals surface area contributed by atoms with E-state index in [1.807, 2.05) is 36.9 Å². The second-order valence-electron chi connectivity index (χ2n) is 8.36. The molecule has 1 aliphatic heterocycles. The number of nitrogens with zero attached hydrogens (tertiary/aromatic N) is 4. The van der Waals surface area contributed by atoms with E-state index in [0.29, 0.717) is 37.8 Å². The van der Waals surface area contributed by atoms with E-state index in [4.69, 9.17) is 0 Å². The first kappa shape index (κ1) is 21.1. The first-order valence-corrected chi connectivity index (χ1v) is 10.5. The summed E-state index contributed by atoms with van der Waals surface area (Å²) in [4.78, 5) is 29.8. The number of benzene rings is 1. The van der Waals surface area contributed by atoms with E-state index >= 15 is 0 Å². The monoisotopic (exact) mass is 396 g/mol. The predicted octanol–water partition coefficient (Wildman–Crippen LogP) is 3.28. The van der Waals surface area contributed by atoms with Gasteiger partial charge in [-0.15, -0.1) is 0 Å². The lowest BCUT2D eigenvalue weighted by molar-refractivity contribution is -0.140. The van der Waals surface area contributed by atoms with Crippen molar-refractivity contribution in [3.63, 3.8) is 0 Å². The van der Waals surface area contributed by atoms with Gasteiger partial charge >= 0.3 is 0 Å². The SMILES string of the molecule is CCn1nc(CC(C)C)cc1C(=O)N1CCN(Cc2cccc(C)c2)C(=O)[C@@H]1C. The molecule has 1 aliphatic rings. The molecule has 1 aromatic carbocycles. The summed E-state index contributed by atoms with van der Waals surface area (Å²) in [6.07, 6.45) is 0.839. The molecule has 1 aromatic heterocycles. The molecular weight excluding hydrogens is 364 g/mol. The van der Waals surface area contributed by atoms with Gasteiger partial charge in [-0.3, -0.25) is 14.3 Å². The number of carbonyl (C=O) groups excluding carboxylic acids is 2. The number of hydrogen-bond donors (Lipinski definition) is 0. The van der Waals surface area contributed by atoms with Crippen LogP contribution in [0.15, 0.2) is 30.3 Å². The van der Waals surface area contributed by atoms with Crippen LogP contribution in [-0.2, 0) is 24.3 Å². The molecule has 0 aliphatic carbocycles. The maximum Gasteiger partial charge on any atom is 0.272 e. The molecule has 2 amide bonds. The molecule has 0 radical (unpaired) electrons. The van der Waals surface area contributed by atoms with Crippen molar-refractivity contribution in [2.75, 3.05) is 13.1 Å². The molecule has 6 nitrogen and oxygen atoms in total. The van der Waals surface area contributed by atoms with Crippen LogP contribution >= 0.6 is 0 Å². The summed E-state index contributed by atoms with van der Waals surface area (Å²) in [6, 6.07) is 9.62. The lowest BCUT2D eigenvalue weighted by Gasteiger charge is -2.39. The van der Waals surface area contributed by atoms with Gasteiger partial charge in [-0.1, -0.05) is 43.7 Å². The summed E-state index contributed by atoms with van der Waals surface area (Å²) in [7, 11) is 0. The van der Waals surface area contributed by atoms with Gasteiger partial charge in [0.25, 0.3) is 5.91 Å². The van der Waals surface area contributed by atoms with Gasteiger partial charge in [-0.25, -0.2) is 0 Å². The minimum absolute atomic E-state index is 0.00364. The summed E-state index contributed by atoms with van der Waals surface area (Å²) in [5.41, 5.74) is 3.81. The van der Waals surface area contributed by atoms with Gasteiger partial charge in [0.15, 0.2) is 0 Å². The summed E-state index contributed by atoms with van der Waals surface area (Å²) in [5, 5.41) is 4.58. The first-order chi connectivity index (χ1) is 13.8. The Morgan fingerprint density at radius 3 is 2.66 bits per heavy atom. The predicted molar refractivity (Wildman–Crippen MR) is 114 cm³/mol. The smallest absolute Gasteiger partial charge is 0.272 e. The Bertz CT molecular complexity index is 887. The van der Waals surface area contributed by atoms with Crippen molar-refractivity contribution in [2.45, 2.75) is 60.2 Å². The number of piperazine rings is 1.